The fourth-order valence-corrected chi connectivity index (χ4v) is 2.77. The summed E-state index contributed by atoms with van der Waals surface area (Å²) in [5.41, 5.74) is 17.0. The number of benzene rings is 2. The van der Waals surface area contributed by atoms with Gasteiger partial charge in [0, 0.05) is 16.2 Å². The van der Waals surface area contributed by atoms with Gasteiger partial charge >= 0.3 is 0 Å². The number of aromatic nitrogens is 1. The average Bonchev–Trinajstić information content (AvgIpc) is 2.85. The van der Waals surface area contributed by atoms with Crippen molar-refractivity contribution in [3.63, 3.8) is 0 Å². The second-order valence-electron chi connectivity index (χ2n) is 3.95. The normalized spacial score (nSPS) is 10.3. The first-order valence-corrected chi connectivity index (χ1v) is 6.40. The molecule has 3 aromatic rings. The smallest absolute Gasteiger partial charge is 0.124 e. The largest absolute Gasteiger partial charge is 0.398 e. The third kappa shape index (κ3) is 2.10. The van der Waals surface area contributed by atoms with E-state index < -0.39 is 0 Å². The van der Waals surface area contributed by atoms with Crippen molar-refractivity contribution in [3.8, 4) is 10.6 Å². The van der Waals surface area contributed by atoms with E-state index in [2.05, 4.69) is 15.0 Å². The summed E-state index contributed by atoms with van der Waals surface area (Å²) < 4.78 is 1.12. The van der Waals surface area contributed by atoms with Crippen molar-refractivity contribution in [2.45, 2.75) is 0 Å². The maximum atomic E-state index is 8.51. The summed E-state index contributed by atoms with van der Waals surface area (Å²) in [5, 5.41) is 4.46. The second kappa shape index (κ2) is 4.61. The monoisotopic (exact) mass is 267 g/mol. The lowest BCUT2D eigenvalue weighted by Gasteiger charge is -2.01. The maximum absolute atomic E-state index is 8.51. The van der Waals surface area contributed by atoms with Crippen molar-refractivity contribution in [1.29, 1.82) is 0 Å². The van der Waals surface area contributed by atoms with Crippen LogP contribution >= 0.6 is 11.3 Å². The summed E-state index contributed by atoms with van der Waals surface area (Å²) in [5.74, 6) is 0. The highest BCUT2D eigenvalue weighted by atomic mass is 32.1. The fraction of sp³-hybridized carbons (Fsp3) is 0. The van der Waals surface area contributed by atoms with Crippen LogP contribution in [0.1, 0.15) is 0 Å². The minimum Gasteiger partial charge on any atom is -0.398 e. The van der Waals surface area contributed by atoms with Crippen LogP contribution in [0.3, 0.4) is 0 Å². The van der Waals surface area contributed by atoms with Crippen LogP contribution in [0.4, 0.5) is 11.4 Å². The van der Waals surface area contributed by atoms with E-state index in [9.17, 15) is 0 Å². The highest BCUT2D eigenvalue weighted by Crippen LogP contribution is 2.34. The first-order chi connectivity index (χ1) is 9.28. The van der Waals surface area contributed by atoms with Gasteiger partial charge in [0.15, 0.2) is 0 Å². The number of nitrogens with zero attached hydrogens (tertiary/aromatic N) is 4. The van der Waals surface area contributed by atoms with Crippen molar-refractivity contribution >= 4 is 32.9 Å². The predicted octanol–water partition coefficient (Wildman–Crippen LogP) is 4.49. The Labute approximate surface area is 113 Å². The number of nitrogen functional groups attached to an aromatic ring is 1. The summed E-state index contributed by atoms with van der Waals surface area (Å²) >= 11 is 1.60. The number of nitrogens with two attached hydrogens (primary N) is 1. The van der Waals surface area contributed by atoms with Gasteiger partial charge in [-0.3, -0.25) is 0 Å². The highest BCUT2D eigenvalue weighted by molar-refractivity contribution is 7.21. The SMILES string of the molecule is [N-]=[N+]=Nc1cc(-c2nc3ccccc3s2)ccc1N. The summed E-state index contributed by atoms with van der Waals surface area (Å²) in [7, 11) is 0. The highest BCUT2D eigenvalue weighted by Gasteiger charge is 2.07. The number of anilines is 1. The number of para-hydroxylation sites is 1. The molecule has 0 unspecified atom stereocenters. The van der Waals surface area contributed by atoms with E-state index >= 15 is 0 Å². The summed E-state index contributed by atoms with van der Waals surface area (Å²) in [4.78, 5) is 7.33. The fourth-order valence-electron chi connectivity index (χ4n) is 1.81. The summed E-state index contributed by atoms with van der Waals surface area (Å²) in [6.07, 6.45) is 0. The molecule has 6 heteroatoms. The Morgan fingerprint density at radius 2 is 2.05 bits per heavy atom. The van der Waals surface area contributed by atoms with Crippen LogP contribution in [-0.4, -0.2) is 4.98 Å². The van der Waals surface area contributed by atoms with Gasteiger partial charge in [0.25, 0.3) is 0 Å². The van der Waals surface area contributed by atoms with Crippen LogP contribution in [0, 0.1) is 0 Å². The molecule has 0 aliphatic rings. The van der Waals surface area contributed by atoms with Gasteiger partial charge in [-0.2, -0.15) is 0 Å². The van der Waals surface area contributed by atoms with E-state index in [0.717, 1.165) is 20.8 Å². The standard InChI is InChI=1S/C13H9N5S/c14-9-6-5-8(7-11(9)17-18-15)13-16-10-3-1-2-4-12(10)19-13/h1-7H,14H2. The van der Waals surface area contributed by atoms with Gasteiger partial charge in [-0.25, -0.2) is 4.98 Å². The summed E-state index contributed by atoms with van der Waals surface area (Å²) in [6, 6.07) is 13.3. The molecule has 0 amide bonds. The lowest BCUT2D eigenvalue weighted by molar-refractivity contribution is 1.44. The molecule has 0 atom stereocenters. The zero-order valence-corrected chi connectivity index (χ0v) is 10.6. The van der Waals surface area contributed by atoms with Crippen molar-refractivity contribution in [2.75, 3.05) is 5.73 Å². The number of fused-ring (bicyclic) bond motifs is 1. The Hall–Kier alpha value is -2.56. The average molecular weight is 267 g/mol. The third-order valence-electron chi connectivity index (χ3n) is 2.72. The van der Waals surface area contributed by atoms with Crippen LogP contribution in [0.5, 0.6) is 0 Å². The zero-order valence-electron chi connectivity index (χ0n) is 9.82. The van der Waals surface area contributed by atoms with Gasteiger partial charge in [-0.1, -0.05) is 17.2 Å². The number of thiazole rings is 1. The van der Waals surface area contributed by atoms with Crippen LogP contribution in [0.2, 0.25) is 0 Å². The van der Waals surface area contributed by atoms with Gasteiger partial charge in [0.1, 0.15) is 5.01 Å². The minimum atomic E-state index is 0.430. The van der Waals surface area contributed by atoms with Crippen LogP contribution in [-0.2, 0) is 0 Å². The van der Waals surface area contributed by atoms with E-state index in [1.165, 1.54) is 0 Å². The molecule has 5 nitrogen and oxygen atoms in total. The van der Waals surface area contributed by atoms with E-state index in [1.807, 2.05) is 30.3 Å². The van der Waals surface area contributed by atoms with Crippen LogP contribution < -0.4 is 5.73 Å². The summed E-state index contributed by atoms with van der Waals surface area (Å²) in [6.45, 7) is 0. The zero-order chi connectivity index (χ0) is 13.2. The molecule has 0 aliphatic carbocycles. The van der Waals surface area contributed by atoms with E-state index in [0.29, 0.717) is 11.4 Å². The number of hydrogen-bond acceptors (Lipinski definition) is 4. The number of rotatable bonds is 2. The van der Waals surface area contributed by atoms with Gasteiger partial charge in [0.2, 0.25) is 0 Å². The number of azide groups is 1. The van der Waals surface area contributed by atoms with Crippen molar-refractivity contribution in [2.24, 2.45) is 5.11 Å². The first-order valence-electron chi connectivity index (χ1n) is 5.58. The molecule has 92 valence electrons. The third-order valence-corrected chi connectivity index (χ3v) is 3.81. The Balaban J connectivity index is 2.15. The lowest BCUT2D eigenvalue weighted by atomic mass is 10.2. The molecule has 2 N–H and O–H groups in total. The van der Waals surface area contributed by atoms with Crippen molar-refractivity contribution in [1.82, 2.24) is 4.98 Å². The van der Waals surface area contributed by atoms with Crippen molar-refractivity contribution < 1.29 is 0 Å². The molecule has 0 fully saturated rings. The van der Waals surface area contributed by atoms with E-state index in [-0.39, 0.29) is 0 Å². The molecule has 0 aliphatic heterocycles. The molecular weight excluding hydrogens is 258 g/mol. The van der Waals surface area contributed by atoms with E-state index in [1.54, 1.807) is 23.5 Å². The van der Waals surface area contributed by atoms with Gasteiger partial charge in [-0.05, 0) is 35.9 Å². The molecule has 2 aromatic carbocycles. The van der Waals surface area contributed by atoms with Crippen molar-refractivity contribution in [3.05, 3.63) is 52.9 Å². The molecule has 1 heterocycles. The molecule has 19 heavy (non-hydrogen) atoms. The first kappa shape index (κ1) is 11.5. The minimum absolute atomic E-state index is 0.430. The molecular formula is C13H9N5S. The van der Waals surface area contributed by atoms with Crippen LogP contribution in [0.25, 0.3) is 31.2 Å². The Kier molecular flexibility index (Phi) is 2.79. The molecule has 0 radical (unpaired) electrons. The maximum Gasteiger partial charge on any atom is 0.124 e. The van der Waals surface area contributed by atoms with Crippen LogP contribution in [0.15, 0.2) is 47.6 Å². The number of hydrogen-bond donors (Lipinski definition) is 1. The Morgan fingerprint density at radius 1 is 1.21 bits per heavy atom. The van der Waals surface area contributed by atoms with Gasteiger partial charge in [0.05, 0.1) is 15.9 Å². The molecule has 0 saturated heterocycles. The van der Waals surface area contributed by atoms with Gasteiger partial charge in [-0.15, -0.1) is 11.3 Å². The Bertz CT molecular complexity index is 769. The molecule has 0 saturated carbocycles. The molecule has 0 spiro atoms. The Morgan fingerprint density at radius 3 is 2.84 bits per heavy atom. The molecule has 0 bridgehead atoms. The quantitative estimate of drug-likeness (QED) is 0.321. The molecule has 3 rings (SSSR count). The lowest BCUT2D eigenvalue weighted by Crippen LogP contribution is -1.85. The second-order valence-corrected chi connectivity index (χ2v) is 4.98. The predicted molar refractivity (Wildman–Crippen MR) is 78.3 cm³/mol. The van der Waals surface area contributed by atoms with Gasteiger partial charge < -0.3 is 5.73 Å². The molecule has 1 aromatic heterocycles. The topological polar surface area (TPSA) is 87.7 Å². The van der Waals surface area contributed by atoms with E-state index in [4.69, 9.17) is 11.3 Å².